The van der Waals surface area contributed by atoms with Crippen LogP contribution in [0.1, 0.15) is 67.1 Å². The molecule has 5 rings (SSSR count). The third kappa shape index (κ3) is 6.11. The number of rotatable bonds is 10. The molecule has 200 valence electrons. The van der Waals surface area contributed by atoms with Crippen LogP contribution in [0.15, 0.2) is 48.5 Å². The molecule has 3 aromatic rings. The monoisotopic (exact) mass is 537 g/mol. The van der Waals surface area contributed by atoms with Gasteiger partial charge < -0.3 is 20.5 Å². The zero-order valence-corrected chi connectivity index (χ0v) is 22.6. The van der Waals surface area contributed by atoms with E-state index in [1.165, 1.54) is 6.07 Å². The molecule has 2 fully saturated rings. The zero-order valence-electron chi connectivity index (χ0n) is 21.9. The lowest BCUT2D eigenvalue weighted by molar-refractivity contribution is 0.0949. The number of aromatic nitrogens is 1. The van der Waals surface area contributed by atoms with Gasteiger partial charge in [-0.3, -0.25) is 9.78 Å². The lowest BCUT2D eigenvalue weighted by atomic mass is 9.90. The molecular weight excluding hydrogens is 505 g/mol. The van der Waals surface area contributed by atoms with Crippen LogP contribution in [0, 0.1) is 11.7 Å². The fourth-order valence-electron chi connectivity index (χ4n) is 4.50. The highest BCUT2D eigenvalue weighted by Crippen LogP contribution is 2.43. The van der Waals surface area contributed by atoms with Crippen molar-refractivity contribution < 1.29 is 18.7 Å². The summed E-state index contributed by atoms with van der Waals surface area (Å²) >= 11 is 6.07. The molecular formula is C30H33ClFN3O3. The molecule has 0 bridgehead atoms. The molecule has 0 spiro atoms. The SMILES string of the molecule is COc1cc(C(=O)NCC(c2cc(C(C)(C)N)cc(-c3ccc(F)c(Cl)c3)n2)C2CC2)ccc1OC1CC1. The Morgan fingerprint density at radius 1 is 1.13 bits per heavy atom. The molecule has 0 aliphatic heterocycles. The van der Waals surface area contributed by atoms with Gasteiger partial charge in [0.05, 0.1) is 23.9 Å². The van der Waals surface area contributed by atoms with Crippen molar-refractivity contribution in [1.82, 2.24) is 10.3 Å². The van der Waals surface area contributed by atoms with E-state index in [0.29, 0.717) is 40.8 Å². The molecule has 1 atom stereocenters. The van der Waals surface area contributed by atoms with Gasteiger partial charge >= 0.3 is 0 Å². The first kappa shape index (κ1) is 26.4. The Kier molecular flexibility index (Phi) is 7.34. The van der Waals surface area contributed by atoms with Crippen LogP contribution in [-0.4, -0.2) is 30.6 Å². The Morgan fingerprint density at radius 2 is 1.89 bits per heavy atom. The Balaban J connectivity index is 1.40. The van der Waals surface area contributed by atoms with Crippen molar-refractivity contribution >= 4 is 17.5 Å². The molecule has 1 amide bonds. The molecule has 0 radical (unpaired) electrons. The standard InChI is InChI=1S/C30H33ClFN3O3/c1-30(2,33)20-14-25(18-6-10-24(32)23(31)12-18)35-26(15-20)22(17-4-5-17)16-34-29(36)19-7-11-27(28(13-19)37-3)38-21-8-9-21/h6-7,10-15,17,21-22H,4-5,8-9,16,33H2,1-3H3,(H,34,36). The molecule has 0 saturated heterocycles. The maximum Gasteiger partial charge on any atom is 0.251 e. The zero-order chi connectivity index (χ0) is 27.0. The van der Waals surface area contributed by atoms with Gasteiger partial charge in [0.25, 0.3) is 5.91 Å². The summed E-state index contributed by atoms with van der Waals surface area (Å²) in [6, 6.07) is 13.8. The highest BCUT2D eigenvalue weighted by atomic mass is 35.5. The van der Waals surface area contributed by atoms with Crippen LogP contribution in [0.25, 0.3) is 11.3 Å². The molecule has 1 aromatic heterocycles. The minimum atomic E-state index is -0.617. The number of benzene rings is 2. The van der Waals surface area contributed by atoms with Crippen LogP contribution in [0.5, 0.6) is 11.5 Å². The van der Waals surface area contributed by atoms with Crippen molar-refractivity contribution in [2.45, 2.75) is 57.1 Å². The van der Waals surface area contributed by atoms with E-state index in [-0.39, 0.29) is 23.0 Å². The van der Waals surface area contributed by atoms with Gasteiger partial charge in [-0.25, -0.2) is 4.39 Å². The molecule has 2 aliphatic carbocycles. The van der Waals surface area contributed by atoms with E-state index < -0.39 is 11.4 Å². The predicted octanol–water partition coefficient (Wildman–Crippen LogP) is 6.21. The Morgan fingerprint density at radius 3 is 2.53 bits per heavy atom. The number of amides is 1. The van der Waals surface area contributed by atoms with Crippen molar-refractivity contribution in [2.24, 2.45) is 11.7 Å². The van der Waals surface area contributed by atoms with E-state index >= 15 is 0 Å². The van der Waals surface area contributed by atoms with E-state index in [1.54, 1.807) is 37.4 Å². The summed E-state index contributed by atoms with van der Waals surface area (Å²) in [7, 11) is 1.57. The van der Waals surface area contributed by atoms with E-state index in [2.05, 4.69) is 5.32 Å². The number of ether oxygens (including phenoxy) is 2. The largest absolute Gasteiger partial charge is 0.493 e. The van der Waals surface area contributed by atoms with Gasteiger partial charge in [-0.15, -0.1) is 0 Å². The first-order chi connectivity index (χ1) is 18.1. The average molecular weight is 538 g/mol. The Hall–Kier alpha value is -3.16. The van der Waals surface area contributed by atoms with Gasteiger partial charge in [0.15, 0.2) is 11.5 Å². The van der Waals surface area contributed by atoms with Crippen molar-refractivity contribution in [3.8, 4) is 22.8 Å². The molecule has 3 N–H and O–H groups in total. The first-order valence-electron chi connectivity index (χ1n) is 13.0. The van der Waals surface area contributed by atoms with Crippen molar-refractivity contribution in [1.29, 1.82) is 0 Å². The van der Waals surface area contributed by atoms with Gasteiger partial charge in [-0.2, -0.15) is 0 Å². The number of pyridine rings is 1. The van der Waals surface area contributed by atoms with E-state index in [0.717, 1.165) is 36.9 Å². The minimum Gasteiger partial charge on any atom is -0.493 e. The maximum atomic E-state index is 13.8. The summed E-state index contributed by atoms with van der Waals surface area (Å²) in [5.74, 6) is 0.954. The van der Waals surface area contributed by atoms with Crippen molar-refractivity contribution in [3.05, 3.63) is 76.2 Å². The number of methoxy groups -OCH3 is 1. The highest BCUT2D eigenvalue weighted by Gasteiger charge is 2.34. The number of carbonyl (C=O) groups is 1. The molecule has 38 heavy (non-hydrogen) atoms. The minimum absolute atomic E-state index is 0.00953. The van der Waals surface area contributed by atoms with Crippen LogP contribution in [0.4, 0.5) is 4.39 Å². The van der Waals surface area contributed by atoms with E-state index in [1.807, 2.05) is 26.0 Å². The molecule has 6 nitrogen and oxygen atoms in total. The number of nitrogens with two attached hydrogens (primary N) is 1. The third-order valence-electron chi connectivity index (χ3n) is 7.10. The highest BCUT2D eigenvalue weighted by molar-refractivity contribution is 6.31. The third-order valence-corrected chi connectivity index (χ3v) is 7.39. The maximum absolute atomic E-state index is 13.8. The van der Waals surface area contributed by atoms with Crippen LogP contribution in [0.3, 0.4) is 0 Å². The second-order valence-corrected chi connectivity index (χ2v) is 11.3. The van der Waals surface area contributed by atoms with Crippen molar-refractivity contribution in [2.75, 3.05) is 13.7 Å². The molecule has 8 heteroatoms. The number of halogens is 2. The second-order valence-electron chi connectivity index (χ2n) is 10.9. The quantitative estimate of drug-likeness (QED) is 0.321. The summed E-state index contributed by atoms with van der Waals surface area (Å²) in [6.07, 6.45) is 4.45. The Labute approximate surface area is 227 Å². The van der Waals surface area contributed by atoms with Gasteiger partial charge in [-0.1, -0.05) is 11.6 Å². The molecule has 1 unspecified atom stereocenters. The van der Waals surface area contributed by atoms with Gasteiger partial charge in [-0.05, 0) is 99.5 Å². The van der Waals surface area contributed by atoms with E-state index in [4.69, 9.17) is 31.8 Å². The lowest BCUT2D eigenvalue weighted by Gasteiger charge is -2.24. The smallest absolute Gasteiger partial charge is 0.251 e. The summed E-state index contributed by atoms with van der Waals surface area (Å²) in [5.41, 5.74) is 9.52. The topological polar surface area (TPSA) is 86.5 Å². The van der Waals surface area contributed by atoms with Crippen LogP contribution < -0.4 is 20.5 Å². The molecule has 1 heterocycles. The number of carbonyl (C=O) groups excluding carboxylic acids is 1. The first-order valence-corrected chi connectivity index (χ1v) is 13.4. The van der Waals surface area contributed by atoms with Gasteiger partial charge in [0, 0.05) is 34.8 Å². The summed E-state index contributed by atoms with van der Waals surface area (Å²) in [4.78, 5) is 18.1. The Bertz CT molecular complexity index is 1350. The van der Waals surface area contributed by atoms with Gasteiger partial charge in [0.1, 0.15) is 5.82 Å². The van der Waals surface area contributed by atoms with Gasteiger partial charge in [0.2, 0.25) is 0 Å². The fourth-order valence-corrected chi connectivity index (χ4v) is 4.69. The molecule has 2 saturated carbocycles. The second kappa shape index (κ2) is 10.5. The van der Waals surface area contributed by atoms with Crippen molar-refractivity contribution in [3.63, 3.8) is 0 Å². The number of nitrogens with one attached hydrogen (secondary N) is 1. The van der Waals surface area contributed by atoms with Crippen LogP contribution >= 0.6 is 11.6 Å². The van der Waals surface area contributed by atoms with Crippen LogP contribution in [-0.2, 0) is 5.54 Å². The predicted molar refractivity (Wildman–Crippen MR) is 146 cm³/mol. The number of nitrogens with zero attached hydrogens (tertiary/aromatic N) is 1. The molecule has 2 aliphatic rings. The number of hydrogen-bond donors (Lipinski definition) is 2. The summed E-state index contributed by atoms with van der Waals surface area (Å²) in [5, 5.41) is 3.14. The normalized spacial score (nSPS) is 16.2. The fraction of sp³-hybridized carbons (Fsp3) is 0.400. The van der Waals surface area contributed by atoms with E-state index in [9.17, 15) is 9.18 Å². The lowest BCUT2D eigenvalue weighted by Crippen LogP contribution is -2.31. The average Bonchev–Trinajstić information content (AvgIpc) is 3.81. The number of hydrogen-bond acceptors (Lipinski definition) is 5. The summed E-state index contributed by atoms with van der Waals surface area (Å²) in [6.45, 7) is 4.30. The van der Waals surface area contributed by atoms with Crippen LogP contribution in [0.2, 0.25) is 5.02 Å². The molecule has 2 aromatic carbocycles. The summed E-state index contributed by atoms with van der Waals surface area (Å²) < 4.78 is 25.2.